The molecule has 0 aliphatic rings. The van der Waals surface area contributed by atoms with Crippen LogP contribution in [0.3, 0.4) is 0 Å². The second kappa shape index (κ2) is 7.55. The maximum atomic E-state index is 11.7. The van der Waals surface area contributed by atoms with Gasteiger partial charge >= 0.3 is 6.03 Å². The summed E-state index contributed by atoms with van der Waals surface area (Å²) in [5.74, 6) is 0.796. The predicted octanol–water partition coefficient (Wildman–Crippen LogP) is 3.35. The van der Waals surface area contributed by atoms with Crippen molar-refractivity contribution in [3.05, 3.63) is 64.7 Å². The van der Waals surface area contributed by atoms with Gasteiger partial charge in [0, 0.05) is 18.1 Å². The lowest BCUT2D eigenvalue weighted by molar-refractivity contribution is 0.240. The number of carbonyl (C=O) groups excluding carboxylic acids is 1. The molecule has 0 aliphatic heterocycles. The Morgan fingerprint density at radius 2 is 1.71 bits per heavy atom. The first-order valence-corrected chi connectivity index (χ1v) is 6.94. The molecule has 0 heterocycles. The summed E-state index contributed by atoms with van der Waals surface area (Å²) in [6.45, 7) is 0.903. The molecule has 0 fully saturated rings. The van der Waals surface area contributed by atoms with Gasteiger partial charge in [-0.05, 0) is 35.4 Å². The smallest absolute Gasteiger partial charge is 0.315 e. The minimum absolute atomic E-state index is 0.217. The molecule has 0 saturated carbocycles. The molecule has 0 radical (unpaired) electrons. The second-order valence-electron chi connectivity index (χ2n) is 4.51. The Hall–Kier alpha value is -2.20. The van der Waals surface area contributed by atoms with Crippen LogP contribution in [0.25, 0.3) is 0 Å². The Bertz CT molecular complexity index is 599. The fourth-order valence-electron chi connectivity index (χ4n) is 1.82. The molecule has 2 N–H and O–H groups in total. The first-order chi connectivity index (χ1) is 10.2. The monoisotopic (exact) mass is 304 g/mol. The van der Waals surface area contributed by atoms with Gasteiger partial charge in [-0.3, -0.25) is 0 Å². The summed E-state index contributed by atoms with van der Waals surface area (Å²) >= 11 is 5.89. The minimum atomic E-state index is -0.217. The molecule has 110 valence electrons. The summed E-state index contributed by atoms with van der Waals surface area (Å²) in [7, 11) is 1.62. The molecule has 0 atom stereocenters. The molecule has 2 aromatic rings. The number of nitrogens with one attached hydrogen (secondary N) is 2. The molecular weight excluding hydrogens is 288 g/mol. The number of ether oxygens (including phenoxy) is 1. The van der Waals surface area contributed by atoms with Crippen LogP contribution in [0.15, 0.2) is 48.5 Å². The third-order valence-corrected chi connectivity index (χ3v) is 3.19. The maximum Gasteiger partial charge on any atom is 0.315 e. The summed E-state index contributed by atoms with van der Waals surface area (Å²) in [5, 5.41) is 6.24. The van der Waals surface area contributed by atoms with Crippen LogP contribution in [-0.4, -0.2) is 13.1 Å². The normalized spacial score (nSPS) is 10.0. The van der Waals surface area contributed by atoms with E-state index in [0.29, 0.717) is 18.1 Å². The van der Waals surface area contributed by atoms with Gasteiger partial charge in [0.1, 0.15) is 5.75 Å². The van der Waals surface area contributed by atoms with Crippen LogP contribution < -0.4 is 15.4 Å². The molecule has 2 rings (SSSR count). The average molecular weight is 305 g/mol. The van der Waals surface area contributed by atoms with Crippen molar-refractivity contribution in [1.29, 1.82) is 0 Å². The quantitative estimate of drug-likeness (QED) is 0.890. The van der Waals surface area contributed by atoms with Gasteiger partial charge in [-0.2, -0.15) is 0 Å². The zero-order valence-electron chi connectivity index (χ0n) is 11.7. The van der Waals surface area contributed by atoms with E-state index in [1.807, 2.05) is 42.5 Å². The highest BCUT2D eigenvalue weighted by Gasteiger charge is 2.01. The van der Waals surface area contributed by atoms with Crippen molar-refractivity contribution >= 4 is 17.6 Å². The number of hydrogen-bond acceptors (Lipinski definition) is 2. The number of halogens is 1. The highest BCUT2D eigenvalue weighted by atomic mass is 35.5. The third kappa shape index (κ3) is 5.00. The van der Waals surface area contributed by atoms with Gasteiger partial charge in [0.2, 0.25) is 0 Å². The molecule has 0 spiro atoms. The van der Waals surface area contributed by atoms with E-state index in [1.165, 1.54) is 0 Å². The Labute approximate surface area is 129 Å². The van der Waals surface area contributed by atoms with Crippen LogP contribution in [-0.2, 0) is 13.1 Å². The third-order valence-electron chi connectivity index (χ3n) is 2.95. The molecule has 4 nitrogen and oxygen atoms in total. The van der Waals surface area contributed by atoms with E-state index in [9.17, 15) is 4.79 Å². The first kappa shape index (κ1) is 15.2. The number of amides is 2. The highest BCUT2D eigenvalue weighted by molar-refractivity contribution is 6.30. The van der Waals surface area contributed by atoms with Crippen LogP contribution in [0.2, 0.25) is 5.02 Å². The maximum absolute atomic E-state index is 11.7. The van der Waals surface area contributed by atoms with Crippen LogP contribution in [0.1, 0.15) is 11.1 Å². The topological polar surface area (TPSA) is 50.4 Å². The number of rotatable bonds is 5. The van der Waals surface area contributed by atoms with E-state index in [2.05, 4.69) is 10.6 Å². The van der Waals surface area contributed by atoms with Gasteiger partial charge in [0.05, 0.1) is 7.11 Å². The Kier molecular flexibility index (Phi) is 5.46. The molecule has 0 bridgehead atoms. The number of urea groups is 1. The van der Waals surface area contributed by atoms with E-state index in [-0.39, 0.29) is 6.03 Å². The standard InChI is InChI=1S/C16H17ClN2O2/c1-21-15-7-5-12(6-8-15)10-18-16(20)19-11-13-3-2-4-14(17)9-13/h2-9H,10-11H2,1H3,(H2,18,19,20). The van der Waals surface area contributed by atoms with Crippen molar-refractivity contribution < 1.29 is 9.53 Å². The number of hydrogen-bond donors (Lipinski definition) is 2. The molecule has 2 amide bonds. The molecule has 5 heteroatoms. The van der Waals surface area contributed by atoms with Gasteiger partial charge < -0.3 is 15.4 Å². The number of benzene rings is 2. The summed E-state index contributed by atoms with van der Waals surface area (Å²) < 4.78 is 5.08. The van der Waals surface area contributed by atoms with Crippen LogP contribution in [0, 0.1) is 0 Å². The lowest BCUT2D eigenvalue weighted by Crippen LogP contribution is -2.34. The fourth-order valence-corrected chi connectivity index (χ4v) is 2.03. The Morgan fingerprint density at radius 3 is 2.33 bits per heavy atom. The van der Waals surface area contributed by atoms with Crippen LogP contribution >= 0.6 is 11.6 Å². The highest BCUT2D eigenvalue weighted by Crippen LogP contribution is 2.11. The van der Waals surface area contributed by atoms with Gasteiger partial charge in [-0.25, -0.2) is 4.79 Å². The van der Waals surface area contributed by atoms with E-state index in [0.717, 1.165) is 16.9 Å². The lowest BCUT2D eigenvalue weighted by Gasteiger charge is -2.08. The zero-order chi connectivity index (χ0) is 15.1. The summed E-state index contributed by atoms with van der Waals surface area (Å²) in [5.41, 5.74) is 1.97. The molecule has 21 heavy (non-hydrogen) atoms. The first-order valence-electron chi connectivity index (χ1n) is 6.56. The van der Waals surface area contributed by atoms with Gasteiger partial charge in [-0.1, -0.05) is 35.9 Å². The van der Waals surface area contributed by atoms with Gasteiger partial charge in [0.15, 0.2) is 0 Å². The van der Waals surface area contributed by atoms with Crippen molar-refractivity contribution in [3.63, 3.8) is 0 Å². The summed E-state index contributed by atoms with van der Waals surface area (Å²) in [6.07, 6.45) is 0. The largest absolute Gasteiger partial charge is 0.497 e. The van der Waals surface area contributed by atoms with E-state index >= 15 is 0 Å². The Balaban J connectivity index is 1.76. The van der Waals surface area contributed by atoms with Crippen LogP contribution in [0.5, 0.6) is 5.75 Å². The van der Waals surface area contributed by atoms with Crippen molar-refractivity contribution in [2.24, 2.45) is 0 Å². The number of methoxy groups -OCH3 is 1. The minimum Gasteiger partial charge on any atom is -0.497 e. The van der Waals surface area contributed by atoms with Crippen molar-refractivity contribution in [2.75, 3.05) is 7.11 Å². The number of carbonyl (C=O) groups is 1. The van der Waals surface area contributed by atoms with Crippen LogP contribution in [0.4, 0.5) is 4.79 Å². The summed E-state index contributed by atoms with van der Waals surface area (Å²) in [6, 6.07) is 14.7. The molecular formula is C16H17ClN2O2. The Morgan fingerprint density at radius 1 is 1.05 bits per heavy atom. The average Bonchev–Trinajstić information content (AvgIpc) is 2.51. The van der Waals surface area contributed by atoms with Crippen molar-refractivity contribution in [1.82, 2.24) is 10.6 Å². The van der Waals surface area contributed by atoms with Gasteiger partial charge in [-0.15, -0.1) is 0 Å². The van der Waals surface area contributed by atoms with Gasteiger partial charge in [0.25, 0.3) is 0 Å². The fraction of sp³-hybridized carbons (Fsp3) is 0.188. The molecule has 0 aromatic heterocycles. The molecule has 0 aliphatic carbocycles. The lowest BCUT2D eigenvalue weighted by atomic mass is 10.2. The van der Waals surface area contributed by atoms with E-state index in [1.54, 1.807) is 13.2 Å². The second-order valence-corrected chi connectivity index (χ2v) is 4.95. The predicted molar refractivity (Wildman–Crippen MR) is 83.5 cm³/mol. The SMILES string of the molecule is COc1ccc(CNC(=O)NCc2cccc(Cl)c2)cc1. The van der Waals surface area contributed by atoms with E-state index in [4.69, 9.17) is 16.3 Å². The molecule has 0 unspecified atom stereocenters. The molecule has 0 saturated heterocycles. The van der Waals surface area contributed by atoms with Crippen molar-refractivity contribution in [2.45, 2.75) is 13.1 Å². The van der Waals surface area contributed by atoms with E-state index < -0.39 is 0 Å². The summed E-state index contributed by atoms with van der Waals surface area (Å²) in [4.78, 5) is 11.7. The zero-order valence-corrected chi connectivity index (χ0v) is 12.5. The molecule has 2 aromatic carbocycles. The van der Waals surface area contributed by atoms with Crippen molar-refractivity contribution in [3.8, 4) is 5.75 Å².